The Morgan fingerprint density at radius 3 is 2.67 bits per heavy atom. The van der Waals surface area contributed by atoms with Crippen molar-refractivity contribution in [3.05, 3.63) is 58.6 Å². The van der Waals surface area contributed by atoms with Crippen LogP contribution in [0.15, 0.2) is 42.5 Å². The van der Waals surface area contributed by atoms with Gasteiger partial charge >= 0.3 is 0 Å². The number of rotatable bonds is 8. The lowest BCUT2D eigenvalue weighted by atomic mass is 10.1. The zero-order valence-corrected chi connectivity index (χ0v) is 14.7. The lowest BCUT2D eigenvalue weighted by Crippen LogP contribution is -2.28. The molecule has 1 amide bonds. The molecular formula is C19H22ClNO3. The highest BCUT2D eigenvalue weighted by Crippen LogP contribution is 2.22. The molecule has 0 spiro atoms. The number of nitrogens with one attached hydrogen (secondary N) is 1. The second-order valence-electron chi connectivity index (χ2n) is 5.43. The van der Waals surface area contributed by atoms with Gasteiger partial charge < -0.3 is 14.8 Å². The minimum Gasteiger partial charge on any atom is -0.496 e. The highest BCUT2D eigenvalue weighted by Gasteiger charge is 2.05. The molecule has 0 aromatic heterocycles. The fraction of sp³-hybridized carbons (Fsp3) is 0.316. The van der Waals surface area contributed by atoms with Crippen molar-refractivity contribution < 1.29 is 14.3 Å². The van der Waals surface area contributed by atoms with E-state index in [9.17, 15) is 4.79 Å². The smallest absolute Gasteiger partial charge is 0.220 e. The van der Waals surface area contributed by atoms with E-state index in [0.29, 0.717) is 36.8 Å². The number of carbonyl (C=O) groups excluding carboxylic acids is 1. The molecule has 2 aromatic carbocycles. The molecular weight excluding hydrogens is 326 g/mol. The topological polar surface area (TPSA) is 47.6 Å². The Morgan fingerprint density at radius 1 is 1.17 bits per heavy atom. The van der Waals surface area contributed by atoms with Gasteiger partial charge in [0, 0.05) is 6.42 Å². The quantitative estimate of drug-likeness (QED) is 0.739. The average Bonchev–Trinajstić information content (AvgIpc) is 2.58. The molecule has 0 aliphatic carbocycles. The number of ether oxygens (including phenoxy) is 2. The number of para-hydroxylation sites is 1. The maximum absolute atomic E-state index is 11.9. The number of methoxy groups -OCH3 is 1. The van der Waals surface area contributed by atoms with E-state index in [1.165, 1.54) is 0 Å². The summed E-state index contributed by atoms with van der Waals surface area (Å²) in [5, 5.41) is 3.42. The minimum absolute atomic E-state index is 0.00577. The van der Waals surface area contributed by atoms with E-state index in [1.54, 1.807) is 19.2 Å². The second kappa shape index (κ2) is 9.18. The maximum Gasteiger partial charge on any atom is 0.220 e. The summed E-state index contributed by atoms with van der Waals surface area (Å²) >= 11 is 6.00. The Balaban J connectivity index is 1.68. The van der Waals surface area contributed by atoms with Crippen molar-refractivity contribution in [2.45, 2.75) is 19.8 Å². The Hall–Kier alpha value is -2.20. The van der Waals surface area contributed by atoms with Gasteiger partial charge in [-0.25, -0.2) is 0 Å². The predicted octanol–water partition coefficient (Wildman–Crippen LogP) is 3.78. The molecule has 128 valence electrons. The van der Waals surface area contributed by atoms with Gasteiger partial charge in [0.05, 0.1) is 18.7 Å². The lowest BCUT2D eigenvalue weighted by Gasteiger charge is -2.09. The van der Waals surface area contributed by atoms with Crippen molar-refractivity contribution in [3.63, 3.8) is 0 Å². The van der Waals surface area contributed by atoms with Crippen LogP contribution in [0.1, 0.15) is 17.5 Å². The van der Waals surface area contributed by atoms with Gasteiger partial charge in [-0.15, -0.1) is 0 Å². The lowest BCUT2D eigenvalue weighted by molar-refractivity contribution is -0.121. The standard InChI is InChI=1S/C19H22ClNO3/c1-14-13-15(7-9-17(14)23-2)8-10-19(22)21-11-12-24-18-6-4-3-5-16(18)20/h3-7,9,13H,8,10-12H2,1-2H3,(H,21,22). The summed E-state index contributed by atoms with van der Waals surface area (Å²) in [6.07, 6.45) is 1.14. The van der Waals surface area contributed by atoms with Crippen molar-refractivity contribution in [1.29, 1.82) is 0 Å². The van der Waals surface area contributed by atoms with Gasteiger partial charge in [0.1, 0.15) is 18.1 Å². The summed E-state index contributed by atoms with van der Waals surface area (Å²) in [5.74, 6) is 1.49. The number of carbonyl (C=O) groups is 1. The first-order valence-corrected chi connectivity index (χ1v) is 8.25. The minimum atomic E-state index is 0.00577. The zero-order chi connectivity index (χ0) is 17.4. The Kier molecular flexibility index (Phi) is 6.94. The predicted molar refractivity (Wildman–Crippen MR) is 96.0 cm³/mol. The zero-order valence-electron chi connectivity index (χ0n) is 14.0. The molecule has 0 saturated heterocycles. The van der Waals surface area contributed by atoms with Crippen molar-refractivity contribution >= 4 is 17.5 Å². The van der Waals surface area contributed by atoms with Crippen LogP contribution in [0.3, 0.4) is 0 Å². The van der Waals surface area contributed by atoms with Gasteiger partial charge in [0.2, 0.25) is 5.91 Å². The van der Waals surface area contributed by atoms with Crippen molar-refractivity contribution in [2.24, 2.45) is 0 Å². The summed E-state index contributed by atoms with van der Waals surface area (Å²) in [4.78, 5) is 11.9. The SMILES string of the molecule is COc1ccc(CCC(=O)NCCOc2ccccc2Cl)cc1C. The van der Waals surface area contributed by atoms with Crippen LogP contribution in [0.2, 0.25) is 5.02 Å². The first kappa shape index (κ1) is 18.1. The van der Waals surface area contributed by atoms with E-state index in [4.69, 9.17) is 21.1 Å². The van der Waals surface area contributed by atoms with Gasteiger partial charge in [-0.3, -0.25) is 4.79 Å². The van der Waals surface area contributed by atoms with Gasteiger partial charge in [0.25, 0.3) is 0 Å². The number of hydrogen-bond acceptors (Lipinski definition) is 3. The van der Waals surface area contributed by atoms with Crippen LogP contribution >= 0.6 is 11.6 Å². The van der Waals surface area contributed by atoms with Crippen molar-refractivity contribution in [2.75, 3.05) is 20.3 Å². The number of benzene rings is 2. The number of hydrogen-bond donors (Lipinski definition) is 1. The molecule has 0 bridgehead atoms. The molecule has 0 fully saturated rings. The Bertz CT molecular complexity index is 688. The van der Waals surface area contributed by atoms with Crippen molar-refractivity contribution in [3.8, 4) is 11.5 Å². The summed E-state index contributed by atoms with van der Waals surface area (Å²) in [6.45, 7) is 2.83. The van der Waals surface area contributed by atoms with Crippen LogP contribution in [0, 0.1) is 6.92 Å². The van der Waals surface area contributed by atoms with E-state index in [0.717, 1.165) is 16.9 Å². The van der Waals surface area contributed by atoms with E-state index >= 15 is 0 Å². The molecule has 0 unspecified atom stereocenters. The van der Waals surface area contributed by atoms with E-state index in [2.05, 4.69) is 5.32 Å². The van der Waals surface area contributed by atoms with E-state index in [1.807, 2.05) is 37.3 Å². The van der Waals surface area contributed by atoms with Crippen LogP contribution in [-0.4, -0.2) is 26.2 Å². The third-order valence-corrected chi connectivity index (χ3v) is 3.93. The summed E-state index contributed by atoms with van der Waals surface area (Å²) in [6, 6.07) is 13.2. The molecule has 0 aliphatic rings. The number of amides is 1. The summed E-state index contributed by atoms with van der Waals surface area (Å²) in [7, 11) is 1.65. The highest BCUT2D eigenvalue weighted by molar-refractivity contribution is 6.32. The third kappa shape index (κ3) is 5.46. The van der Waals surface area contributed by atoms with Crippen LogP contribution in [0.4, 0.5) is 0 Å². The van der Waals surface area contributed by atoms with Crippen LogP contribution in [-0.2, 0) is 11.2 Å². The molecule has 0 atom stereocenters. The molecule has 0 saturated carbocycles. The molecule has 2 rings (SSSR count). The maximum atomic E-state index is 11.9. The average molecular weight is 348 g/mol. The highest BCUT2D eigenvalue weighted by atomic mass is 35.5. The molecule has 0 radical (unpaired) electrons. The largest absolute Gasteiger partial charge is 0.496 e. The monoisotopic (exact) mass is 347 g/mol. The fourth-order valence-corrected chi connectivity index (χ4v) is 2.55. The first-order valence-electron chi connectivity index (χ1n) is 7.87. The molecule has 1 N–H and O–H groups in total. The molecule has 5 heteroatoms. The normalized spacial score (nSPS) is 10.3. The molecule has 0 aliphatic heterocycles. The van der Waals surface area contributed by atoms with Gasteiger partial charge in [-0.2, -0.15) is 0 Å². The molecule has 0 heterocycles. The van der Waals surface area contributed by atoms with E-state index < -0.39 is 0 Å². The van der Waals surface area contributed by atoms with Gasteiger partial charge in [-0.1, -0.05) is 35.9 Å². The van der Waals surface area contributed by atoms with E-state index in [-0.39, 0.29) is 5.91 Å². The fourth-order valence-electron chi connectivity index (χ4n) is 2.36. The first-order chi connectivity index (χ1) is 11.6. The second-order valence-corrected chi connectivity index (χ2v) is 5.84. The van der Waals surface area contributed by atoms with Crippen LogP contribution < -0.4 is 14.8 Å². The van der Waals surface area contributed by atoms with Crippen LogP contribution in [0.5, 0.6) is 11.5 Å². The van der Waals surface area contributed by atoms with Gasteiger partial charge in [0.15, 0.2) is 0 Å². The number of halogens is 1. The summed E-state index contributed by atoms with van der Waals surface area (Å²) in [5.41, 5.74) is 2.19. The molecule has 4 nitrogen and oxygen atoms in total. The summed E-state index contributed by atoms with van der Waals surface area (Å²) < 4.78 is 10.8. The van der Waals surface area contributed by atoms with Crippen molar-refractivity contribution in [1.82, 2.24) is 5.32 Å². The Morgan fingerprint density at radius 2 is 1.96 bits per heavy atom. The number of aryl methyl sites for hydroxylation is 2. The Labute approximate surface area is 147 Å². The third-order valence-electron chi connectivity index (χ3n) is 3.62. The molecule has 24 heavy (non-hydrogen) atoms. The van der Waals surface area contributed by atoms with Crippen LogP contribution in [0.25, 0.3) is 0 Å². The van der Waals surface area contributed by atoms with Gasteiger partial charge in [-0.05, 0) is 42.7 Å². The molecule has 2 aromatic rings.